The number of fused-ring (bicyclic) bond motifs is 1. The van der Waals surface area contributed by atoms with E-state index in [9.17, 15) is 9.59 Å². The number of nitrogens with zero attached hydrogens (tertiary/aromatic N) is 5. The van der Waals surface area contributed by atoms with Gasteiger partial charge in [0.15, 0.2) is 0 Å². The minimum atomic E-state index is 0.0682. The Morgan fingerprint density at radius 3 is 2.37 bits per heavy atom. The normalized spacial score (nSPS) is 18.8. The lowest BCUT2D eigenvalue weighted by molar-refractivity contribution is -0.140. The first-order valence-electron chi connectivity index (χ1n) is 9.47. The number of amides is 2. The molecule has 2 saturated heterocycles. The van der Waals surface area contributed by atoms with Gasteiger partial charge in [-0.2, -0.15) is 0 Å². The van der Waals surface area contributed by atoms with Crippen LogP contribution in [-0.2, 0) is 20.7 Å². The maximum absolute atomic E-state index is 12.6. The monoisotopic (exact) mass is 371 g/mol. The van der Waals surface area contributed by atoms with Crippen LogP contribution in [0.2, 0.25) is 0 Å². The van der Waals surface area contributed by atoms with Crippen LogP contribution in [0.5, 0.6) is 0 Å². The Kier molecular flexibility index (Phi) is 5.35. The third-order valence-corrected chi connectivity index (χ3v) is 5.19. The molecule has 0 radical (unpaired) electrons. The first kappa shape index (κ1) is 17.9. The summed E-state index contributed by atoms with van der Waals surface area (Å²) in [5.74, 6) is 0.211. The summed E-state index contributed by atoms with van der Waals surface area (Å²) in [6.45, 7) is 5.81. The molecule has 0 bridgehead atoms. The van der Waals surface area contributed by atoms with Gasteiger partial charge in [-0.1, -0.05) is 6.07 Å². The fourth-order valence-electron chi connectivity index (χ4n) is 3.59. The third kappa shape index (κ3) is 4.28. The van der Waals surface area contributed by atoms with E-state index in [1.807, 2.05) is 44.8 Å². The second kappa shape index (κ2) is 8.06. The lowest BCUT2D eigenvalue weighted by Crippen LogP contribution is -2.53. The molecule has 0 aliphatic carbocycles. The second-order valence-electron chi connectivity index (χ2n) is 7.03. The molecule has 2 amide bonds. The van der Waals surface area contributed by atoms with Crippen LogP contribution in [0.25, 0.3) is 5.65 Å². The molecule has 4 rings (SSSR count). The molecule has 144 valence electrons. The quantitative estimate of drug-likeness (QED) is 0.750. The van der Waals surface area contributed by atoms with Crippen LogP contribution in [0.4, 0.5) is 0 Å². The van der Waals surface area contributed by atoms with Crippen molar-refractivity contribution in [1.29, 1.82) is 0 Å². The molecule has 2 aromatic heterocycles. The lowest BCUT2D eigenvalue weighted by Gasteiger charge is -2.36. The summed E-state index contributed by atoms with van der Waals surface area (Å²) in [6, 6.07) is 5.79. The summed E-state index contributed by atoms with van der Waals surface area (Å²) in [5, 5.41) is 0. The van der Waals surface area contributed by atoms with Gasteiger partial charge in [0, 0.05) is 51.7 Å². The molecule has 0 atom stereocenters. The Hall–Kier alpha value is -2.45. The van der Waals surface area contributed by atoms with E-state index in [0.29, 0.717) is 52.4 Å². The van der Waals surface area contributed by atoms with E-state index in [1.165, 1.54) is 0 Å². The van der Waals surface area contributed by atoms with Crippen LogP contribution in [-0.4, -0.2) is 94.9 Å². The van der Waals surface area contributed by atoms with Crippen molar-refractivity contribution in [3.63, 3.8) is 0 Å². The van der Waals surface area contributed by atoms with Crippen molar-refractivity contribution < 1.29 is 14.3 Å². The number of pyridine rings is 1. The van der Waals surface area contributed by atoms with Gasteiger partial charge in [-0.15, -0.1) is 0 Å². The summed E-state index contributed by atoms with van der Waals surface area (Å²) in [7, 11) is 0. The zero-order chi connectivity index (χ0) is 18.6. The third-order valence-electron chi connectivity index (χ3n) is 5.19. The number of piperazine rings is 1. The predicted octanol–water partition coefficient (Wildman–Crippen LogP) is -0.120. The lowest BCUT2D eigenvalue weighted by atomic mass is 10.2. The maximum Gasteiger partial charge on any atom is 0.236 e. The Bertz CT molecular complexity index is 774. The zero-order valence-corrected chi connectivity index (χ0v) is 15.4. The van der Waals surface area contributed by atoms with Crippen LogP contribution in [0.1, 0.15) is 5.69 Å². The number of rotatable bonds is 4. The van der Waals surface area contributed by atoms with Crippen molar-refractivity contribution in [3.8, 4) is 0 Å². The number of hydrogen-bond donors (Lipinski definition) is 0. The molecule has 4 heterocycles. The topological polar surface area (TPSA) is 70.4 Å². The van der Waals surface area contributed by atoms with Gasteiger partial charge in [-0.25, -0.2) is 4.98 Å². The van der Waals surface area contributed by atoms with Gasteiger partial charge in [-0.05, 0) is 12.1 Å². The van der Waals surface area contributed by atoms with Crippen molar-refractivity contribution >= 4 is 17.5 Å². The number of morpholine rings is 1. The second-order valence-corrected chi connectivity index (χ2v) is 7.03. The van der Waals surface area contributed by atoms with Gasteiger partial charge in [0.1, 0.15) is 5.65 Å². The first-order chi connectivity index (χ1) is 13.2. The van der Waals surface area contributed by atoms with E-state index in [4.69, 9.17) is 4.74 Å². The molecule has 0 spiro atoms. The molecule has 2 aromatic rings. The molecule has 8 nitrogen and oxygen atoms in total. The van der Waals surface area contributed by atoms with Gasteiger partial charge in [0.2, 0.25) is 11.8 Å². The van der Waals surface area contributed by atoms with Crippen molar-refractivity contribution in [2.24, 2.45) is 0 Å². The fourth-order valence-corrected chi connectivity index (χ4v) is 3.59. The van der Waals surface area contributed by atoms with Gasteiger partial charge in [0.05, 0.1) is 31.9 Å². The smallest absolute Gasteiger partial charge is 0.236 e. The fraction of sp³-hybridized carbons (Fsp3) is 0.526. The number of carbonyl (C=O) groups excluding carboxylic acids is 2. The molecule has 0 N–H and O–H groups in total. The van der Waals surface area contributed by atoms with Crippen molar-refractivity contribution in [3.05, 3.63) is 36.3 Å². The minimum absolute atomic E-state index is 0.0682. The number of ether oxygens (including phenoxy) is 1. The van der Waals surface area contributed by atoms with Crippen molar-refractivity contribution in [2.75, 3.05) is 59.0 Å². The van der Waals surface area contributed by atoms with E-state index in [-0.39, 0.29) is 11.8 Å². The van der Waals surface area contributed by atoms with Crippen molar-refractivity contribution in [1.82, 2.24) is 24.1 Å². The van der Waals surface area contributed by atoms with E-state index in [0.717, 1.165) is 24.4 Å². The standard InChI is InChI=1S/C19H25N5O3/c25-18(13-16-14-24-4-2-1-3-17(24)20-16)22-5-7-23(8-6-22)19(26)15-21-9-11-27-12-10-21/h1-4,14H,5-13,15H2. The Morgan fingerprint density at radius 1 is 0.963 bits per heavy atom. The highest BCUT2D eigenvalue weighted by atomic mass is 16.5. The highest BCUT2D eigenvalue weighted by Crippen LogP contribution is 2.09. The Balaban J connectivity index is 1.26. The van der Waals surface area contributed by atoms with Crippen LogP contribution in [0.3, 0.4) is 0 Å². The summed E-state index contributed by atoms with van der Waals surface area (Å²) >= 11 is 0. The molecule has 8 heteroatoms. The van der Waals surface area contributed by atoms with Gasteiger partial charge in [0.25, 0.3) is 0 Å². The highest BCUT2D eigenvalue weighted by molar-refractivity contribution is 5.80. The number of aromatic nitrogens is 2. The molecular formula is C19H25N5O3. The van der Waals surface area contributed by atoms with E-state index >= 15 is 0 Å². The summed E-state index contributed by atoms with van der Waals surface area (Å²) < 4.78 is 7.24. The van der Waals surface area contributed by atoms with Crippen molar-refractivity contribution in [2.45, 2.75) is 6.42 Å². The minimum Gasteiger partial charge on any atom is -0.379 e. The van der Waals surface area contributed by atoms with E-state index in [2.05, 4.69) is 9.88 Å². The van der Waals surface area contributed by atoms with Gasteiger partial charge in [-0.3, -0.25) is 14.5 Å². The number of carbonyl (C=O) groups is 2. The molecule has 0 aromatic carbocycles. The van der Waals surface area contributed by atoms with Crippen LogP contribution in [0.15, 0.2) is 30.6 Å². The van der Waals surface area contributed by atoms with Gasteiger partial charge < -0.3 is 18.9 Å². The van der Waals surface area contributed by atoms with Crippen LogP contribution >= 0.6 is 0 Å². The largest absolute Gasteiger partial charge is 0.379 e. The Labute approximate surface area is 158 Å². The van der Waals surface area contributed by atoms with E-state index in [1.54, 1.807) is 0 Å². The Morgan fingerprint density at radius 2 is 1.67 bits per heavy atom. The highest BCUT2D eigenvalue weighted by Gasteiger charge is 2.26. The number of hydrogen-bond acceptors (Lipinski definition) is 5. The predicted molar refractivity (Wildman–Crippen MR) is 99.3 cm³/mol. The SMILES string of the molecule is O=C(Cc1cn2ccccc2n1)N1CCN(C(=O)CN2CCOCC2)CC1. The van der Waals surface area contributed by atoms with E-state index < -0.39 is 0 Å². The van der Waals surface area contributed by atoms with Gasteiger partial charge >= 0.3 is 0 Å². The molecule has 2 fully saturated rings. The zero-order valence-electron chi connectivity index (χ0n) is 15.4. The molecule has 0 saturated carbocycles. The summed E-state index contributed by atoms with van der Waals surface area (Å²) in [4.78, 5) is 35.4. The average Bonchev–Trinajstić information content (AvgIpc) is 3.11. The maximum atomic E-state index is 12.6. The summed E-state index contributed by atoms with van der Waals surface area (Å²) in [6.07, 6.45) is 4.12. The number of imidazole rings is 1. The molecule has 2 aliphatic rings. The molecular weight excluding hydrogens is 346 g/mol. The van der Waals surface area contributed by atoms with Crippen LogP contribution in [0, 0.1) is 0 Å². The summed E-state index contributed by atoms with van der Waals surface area (Å²) in [5.41, 5.74) is 1.62. The molecule has 27 heavy (non-hydrogen) atoms. The molecule has 0 unspecified atom stereocenters. The molecule has 2 aliphatic heterocycles. The average molecular weight is 371 g/mol. The first-order valence-corrected chi connectivity index (χ1v) is 9.47. The van der Waals surface area contributed by atoms with Crippen LogP contribution < -0.4 is 0 Å².